The highest BCUT2D eigenvalue weighted by molar-refractivity contribution is 7.10. The summed E-state index contributed by atoms with van der Waals surface area (Å²) in [6.45, 7) is 1.77. The first-order chi connectivity index (χ1) is 12.7. The second kappa shape index (κ2) is 9.38. The summed E-state index contributed by atoms with van der Waals surface area (Å²) in [5, 5.41) is 5.07. The van der Waals surface area contributed by atoms with Crippen LogP contribution in [0.1, 0.15) is 24.1 Å². The summed E-state index contributed by atoms with van der Waals surface area (Å²) < 4.78 is 5.59. The van der Waals surface area contributed by atoms with Crippen LogP contribution >= 0.6 is 11.3 Å². The fourth-order valence-electron chi connectivity index (χ4n) is 3.05. The van der Waals surface area contributed by atoms with Crippen molar-refractivity contribution in [2.75, 3.05) is 19.7 Å². The molecular formula is C20H24N2O3S. The summed E-state index contributed by atoms with van der Waals surface area (Å²) in [5.41, 5.74) is 0. The lowest BCUT2D eigenvalue weighted by atomic mass is 10.0. The number of hydrogen-bond acceptors (Lipinski definition) is 4. The van der Waals surface area contributed by atoms with Gasteiger partial charge in [0.2, 0.25) is 11.8 Å². The van der Waals surface area contributed by atoms with Crippen molar-refractivity contribution in [2.24, 2.45) is 0 Å². The number of hydrogen-bond donors (Lipinski definition) is 1. The molecule has 0 atom stereocenters. The smallest absolute Gasteiger partial charge is 0.225 e. The SMILES string of the molecule is O=C(Cc1cccs1)NC1CCN(C(=O)CCOc2ccccc2)CC1. The highest BCUT2D eigenvalue weighted by Crippen LogP contribution is 2.14. The van der Waals surface area contributed by atoms with E-state index in [2.05, 4.69) is 5.32 Å². The van der Waals surface area contributed by atoms with Crippen LogP contribution in [0.3, 0.4) is 0 Å². The Morgan fingerprint density at radius 3 is 2.58 bits per heavy atom. The van der Waals surface area contributed by atoms with Gasteiger partial charge in [0.1, 0.15) is 5.75 Å². The standard InChI is InChI=1S/C20H24N2O3S/c23-19(15-18-7-4-14-26-18)21-16-8-11-22(12-9-16)20(24)10-13-25-17-5-2-1-3-6-17/h1-7,14,16H,8-13,15H2,(H,21,23). The molecule has 1 aliphatic rings. The number of nitrogens with one attached hydrogen (secondary N) is 1. The van der Waals surface area contributed by atoms with Crippen LogP contribution in [0, 0.1) is 0 Å². The first kappa shape index (κ1) is 18.5. The number of benzene rings is 1. The maximum absolute atomic E-state index is 12.3. The van der Waals surface area contributed by atoms with E-state index < -0.39 is 0 Å². The fourth-order valence-corrected chi connectivity index (χ4v) is 3.76. The molecule has 1 fully saturated rings. The number of para-hydroxylation sites is 1. The minimum atomic E-state index is 0.0634. The molecule has 0 spiro atoms. The first-order valence-corrected chi connectivity index (χ1v) is 9.86. The van der Waals surface area contributed by atoms with Crippen LogP contribution in [-0.2, 0) is 16.0 Å². The highest BCUT2D eigenvalue weighted by atomic mass is 32.1. The summed E-state index contributed by atoms with van der Waals surface area (Å²) in [7, 11) is 0. The number of nitrogens with zero attached hydrogens (tertiary/aromatic N) is 1. The number of piperidine rings is 1. The van der Waals surface area contributed by atoms with E-state index in [9.17, 15) is 9.59 Å². The maximum atomic E-state index is 12.3. The average Bonchev–Trinajstić information content (AvgIpc) is 3.16. The molecule has 138 valence electrons. The van der Waals surface area contributed by atoms with Crippen molar-refractivity contribution < 1.29 is 14.3 Å². The maximum Gasteiger partial charge on any atom is 0.225 e. The van der Waals surface area contributed by atoms with E-state index in [0.717, 1.165) is 23.5 Å². The molecule has 1 aromatic carbocycles. The van der Waals surface area contributed by atoms with Gasteiger partial charge in [0.15, 0.2) is 0 Å². The summed E-state index contributed by atoms with van der Waals surface area (Å²) in [6, 6.07) is 13.6. The van der Waals surface area contributed by atoms with Gasteiger partial charge < -0.3 is 15.0 Å². The Balaban J connectivity index is 1.33. The van der Waals surface area contributed by atoms with Gasteiger partial charge in [-0.15, -0.1) is 11.3 Å². The zero-order chi connectivity index (χ0) is 18.2. The lowest BCUT2D eigenvalue weighted by Gasteiger charge is -2.32. The van der Waals surface area contributed by atoms with Gasteiger partial charge >= 0.3 is 0 Å². The number of carbonyl (C=O) groups is 2. The molecule has 1 aromatic heterocycles. The molecule has 0 unspecified atom stereocenters. The molecule has 0 radical (unpaired) electrons. The summed E-state index contributed by atoms with van der Waals surface area (Å²) in [5.74, 6) is 0.963. The summed E-state index contributed by atoms with van der Waals surface area (Å²) >= 11 is 1.60. The second-order valence-corrected chi connectivity index (χ2v) is 7.42. The zero-order valence-electron chi connectivity index (χ0n) is 14.7. The van der Waals surface area contributed by atoms with Gasteiger partial charge in [-0.2, -0.15) is 0 Å². The molecule has 2 heterocycles. The normalized spacial score (nSPS) is 14.8. The molecule has 2 aromatic rings. The van der Waals surface area contributed by atoms with Crippen LogP contribution in [0.5, 0.6) is 5.75 Å². The molecule has 5 nitrogen and oxygen atoms in total. The Hall–Kier alpha value is -2.34. The number of amides is 2. The van der Waals surface area contributed by atoms with Gasteiger partial charge in [-0.3, -0.25) is 9.59 Å². The third-order valence-corrected chi connectivity index (χ3v) is 5.33. The number of likely N-dealkylation sites (tertiary alicyclic amines) is 1. The van der Waals surface area contributed by atoms with Crippen molar-refractivity contribution in [2.45, 2.75) is 31.7 Å². The molecule has 0 aliphatic carbocycles. The van der Waals surface area contributed by atoms with Gasteiger partial charge in [-0.1, -0.05) is 24.3 Å². The van der Waals surface area contributed by atoms with Crippen LogP contribution in [0.25, 0.3) is 0 Å². The summed E-state index contributed by atoms with van der Waals surface area (Å²) in [6.07, 6.45) is 2.43. The van der Waals surface area contributed by atoms with Crippen molar-refractivity contribution in [3.63, 3.8) is 0 Å². The van der Waals surface area contributed by atoms with Crippen LogP contribution in [0.2, 0.25) is 0 Å². The Labute approximate surface area is 158 Å². The predicted molar refractivity (Wildman–Crippen MR) is 102 cm³/mol. The number of thiophene rings is 1. The van der Waals surface area contributed by atoms with Crippen molar-refractivity contribution in [3.05, 3.63) is 52.7 Å². The largest absolute Gasteiger partial charge is 0.493 e. The molecular weight excluding hydrogens is 348 g/mol. The lowest BCUT2D eigenvalue weighted by Crippen LogP contribution is -2.47. The van der Waals surface area contributed by atoms with Crippen molar-refractivity contribution in [1.82, 2.24) is 10.2 Å². The van der Waals surface area contributed by atoms with Crippen LogP contribution in [0.15, 0.2) is 47.8 Å². The molecule has 1 aliphatic heterocycles. The van der Waals surface area contributed by atoms with E-state index in [0.29, 0.717) is 32.5 Å². The van der Waals surface area contributed by atoms with E-state index in [1.165, 1.54) is 0 Å². The molecule has 6 heteroatoms. The van der Waals surface area contributed by atoms with Crippen molar-refractivity contribution in [3.8, 4) is 5.75 Å². The Morgan fingerprint density at radius 2 is 1.88 bits per heavy atom. The van der Waals surface area contributed by atoms with Gasteiger partial charge in [-0.05, 0) is 36.4 Å². The van der Waals surface area contributed by atoms with Crippen LogP contribution in [0.4, 0.5) is 0 Å². The van der Waals surface area contributed by atoms with Gasteiger partial charge in [0, 0.05) is 24.0 Å². The first-order valence-electron chi connectivity index (χ1n) is 8.98. The lowest BCUT2D eigenvalue weighted by molar-refractivity contribution is -0.132. The average molecular weight is 372 g/mol. The molecule has 0 saturated carbocycles. The quantitative estimate of drug-likeness (QED) is 0.813. The predicted octanol–water partition coefficient (Wildman–Crippen LogP) is 2.87. The highest BCUT2D eigenvalue weighted by Gasteiger charge is 2.23. The van der Waals surface area contributed by atoms with Crippen molar-refractivity contribution >= 4 is 23.2 Å². The van der Waals surface area contributed by atoms with E-state index >= 15 is 0 Å². The van der Waals surface area contributed by atoms with Gasteiger partial charge in [0.05, 0.1) is 19.4 Å². The second-order valence-electron chi connectivity index (χ2n) is 6.39. The fraction of sp³-hybridized carbons (Fsp3) is 0.400. The summed E-state index contributed by atoms with van der Waals surface area (Å²) in [4.78, 5) is 27.3. The van der Waals surface area contributed by atoms with E-state index in [-0.39, 0.29) is 17.9 Å². The third-order valence-electron chi connectivity index (χ3n) is 4.46. The minimum Gasteiger partial charge on any atom is -0.493 e. The Morgan fingerprint density at radius 1 is 1.12 bits per heavy atom. The molecule has 0 bridgehead atoms. The molecule has 3 rings (SSSR count). The van der Waals surface area contributed by atoms with Gasteiger partial charge in [-0.25, -0.2) is 0 Å². The van der Waals surface area contributed by atoms with E-state index in [4.69, 9.17) is 4.74 Å². The van der Waals surface area contributed by atoms with E-state index in [1.54, 1.807) is 11.3 Å². The number of rotatable bonds is 7. The van der Waals surface area contributed by atoms with Crippen LogP contribution < -0.4 is 10.1 Å². The Kier molecular flexibility index (Phi) is 6.66. The number of ether oxygens (including phenoxy) is 1. The van der Waals surface area contributed by atoms with E-state index in [1.807, 2.05) is 52.7 Å². The molecule has 2 amide bonds. The molecule has 1 saturated heterocycles. The zero-order valence-corrected chi connectivity index (χ0v) is 15.5. The van der Waals surface area contributed by atoms with Gasteiger partial charge in [0.25, 0.3) is 0 Å². The third kappa shape index (κ3) is 5.59. The Bertz CT molecular complexity index is 695. The minimum absolute atomic E-state index is 0.0634. The number of carbonyl (C=O) groups excluding carboxylic acids is 2. The topological polar surface area (TPSA) is 58.6 Å². The van der Waals surface area contributed by atoms with Crippen molar-refractivity contribution in [1.29, 1.82) is 0 Å². The van der Waals surface area contributed by atoms with Crippen LogP contribution in [-0.4, -0.2) is 42.5 Å². The molecule has 1 N–H and O–H groups in total. The monoisotopic (exact) mass is 372 g/mol. The molecule has 26 heavy (non-hydrogen) atoms.